The summed E-state index contributed by atoms with van der Waals surface area (Å²) < 4.78 is 11.3. The number of nitrogens with one attached hydrogen (secondary N) is 1. The first-order valence-electron chi connectivity index (χ1n) is 8.23. The van der Waals surface area contributed by atoms with Crippen molar-refractivity contribution in [2.45, 2.75) is 38.9 Å². The summed E-state index contributed by atoms with van der Waals surface area (Å²) in [7, 11) is 1.59. The fourth-order valence-corrected chi connectivity index (χ4v) is 2.93. The Bertz CT molecular complexity index is 587. The molecule has 6 nitrogen and oxygen atoms in total. The summed E-state index contributed by atoms with van der Waals surface area (Å²) in [6, 6.07) is 7.52. The van der Waals surface area contributed by atoms with E-state index in [1.54, 1.807) is 7.11 Å². The van der Waals surface area contributed by atoms with Gasteiger partial charge in [-0.05, 0) is 32.8 Å². The lowest BCUT2D eigenvalue weighted by Crippen LogP contribution is -2.45. The first-order valence-corrected chi connectivity index (χ1v) is 8.23. The zero-order valence-corrected chi connectivity index (χ0v) is 14.3. The topological polar surface area (TPSA) is 84.9 Å². The summed E-state index contributed by atoms with van der Waals surface area (Å²) in [6.07, 6.45) is 0.805. The van der Waals surface area contributed by atoms with E-state index in [1.807, 2.05) is 38.1 Å². The van der Waals surface area contributed by atoms with Gasteiger partial charge >= 0.3 is 5.97 Å². The molecule has 24 heavy (non-hydrogen) atoms. The van der Waals surface area contributed by atoms with Crippen LogP contribution in [0.3, 0.4) is 0 Å². The molecule has 132 valence electrons. The molecule has 2 N–H and O–H groups in total. The number of methoxy groups -OCH3 is 1. The Hall–Kier alpha value is -2.08. The number of para-hydroxylation sites is 1. The summed E-state index contributed by atoms with van der Waals surface area (Å²) in [5.41, 5.74) is 0.859. The van der Waals surface area contributed by atoms with E-state index in [1.165, 1.54) is 0 Å². The van der Waals surface area contributed by atoms with Crippen LogP contribution < -0.4 is 10.1 Å². The van der Waals surface area contributed by atoms with Crippen molar-refractivity contribution in [3.05, 3.63) is 29.8 Å². The highest BCUT2D eigenvalue weighted by atomic mass is 16.5. The number of hydrogen-bond donors (Lipinski definition) is 2. The van der Waals surface area contributed by atoms with E-state index >= 15 is 0 Å². The number of carboxylic acids is 1. The molecule has 1 aliphatic rings. The van der Waals surface area contributed by atoms with Crippen LogP contribution in [0.25, 0.3) is 0 Å². The molecule has 0 heterocycles. The fraction of sp³-hybridized carbons (Fsp3) is 0.556. The maximum atomic E-state index is 12.3. The fourth-order valence-electron chi connectivity index (χ4n) is 2.93. The summed E-state index contributed by atoms with van der Waals surface area (Å²) in [6.45, 7) is 4.13. The van der Waals surface area contributed by atoms with Crippen LogP contribution in [0.1, 0.15) is 38.4 Å². The largest absolute Gasteiger partial charge is 0.496 e. The van der Waals surface area contributed by atoms with Gasteiger partial charge in [-0.3, -0.25) is 9.59 Å². The van der Waals surface area contributed by atoms with Crippen LogP contribution in [0.5, 0.6) is 5.75 Å². The minimum absolute atomic E-state index is 0.0210. The average molecular weight is 335 g/mol. The molecule has 0 spiro atoms. The Labute approximate surface area is 142 Å². The maximum absolute atomic E-state index is 12.3. The van der Waals surface area contributed by atoms with E-state index in [0.717, 1.165) is 5.56 Å². The van der Waals surface area contributed by atoms with Gasteiger partial charge in [0.2, 0.25) is 5.91 Å². The molecule has 0 bridgehead atoms. The Morgan fingerprint density at radius 2 is 1.92 bits per heavy atom. The van der Waals surface area contributed by atoms with Crippen molar-refractivity contribution in [1.82, 2.24) is 5.32 Å². The first-order chi connectivity index (χ1) is 11.4. The number of aliphatic carboxylic acids is 1. The second-order valence-electron chi connectivity index (χ2n) is 6.29. The van der Waals surface area contributed by atoms with Gasteiger partial charge < -0.3 is 19.9 Å². The molecule has 0 saturated heterocycles. The maximum Gasteiger partial charge on any atom is 0.307 e. The molecule has 1 fully saturated rings. The highest BCUT2D eigenvalue weighted by Gasteiger charge is 2.41. The van der Waals surface area contributed by atoms with Gasteiger partial charge in [-0.15, -0.1) is 0 Å². The van der Waals surface area contributed by atoms with Crippen molar-refractivity contribution in [3.8, 4) is 5.75 Å². The number of carboxylic acid groups (broad SMARTS) is 1. The molecule has 3 atom stereocenters. The van der Waals surface area contributed by atoms with E-state index in [0.29, 0.717) is 18.6 Å². The van der Waals surface area contributed by atoms with E-state index in [9.17, 15) is 9.59 Å². The number of carbonyl (C=O) groups excluding carboxylic acids is 1. The highest BCUT2D eigenvalue weighted by molar-refractivity contribution is 5.86. The van der Waals surface area contributed by atoms with E-state index in [2.05, 4.69) is 5.32 Å². The summed E-state index contributed by atoms with van der Waals surface area (Å²) in [5.74, 6) is -1.44. The minimum atomic E-state index is -0.902. The molecule has 0 radical (unpaired) electrons. The Balaban J connectivity index is 2.04. The third kappa shape index (κ3) is 4.26. The van der Waals surface area contributed by atoms with Crippen LogP contribution in [0.4, 0.5) is 0 Å². The lowest BCUT2D eigenvalue weighted by Gasteiger charge is -2.32. The van der Waals surface area contributed by atoms with E-state index < -0.39 is 17.8 Å². The molecule has 2 rings (SSSR count). The van der Waals surface area contributed by atoms with Gasteiger partial charge in [0.1, 0.15) is 11.9 Å². The lowest BCUT2D eigenvalue weighted by atomic mass is 9.73. The van der Waals surface area contributed by atoms with Crippen molar-refractivity contribution >= 4 is 11.9 Å². The molecule has 0 aromatic heterocycles. The van der Waals surface area contributed by atoms with Crippen molar-refractivity contribution in [1.29, 1.82) is 0 Å². The van der Waals surface area contributed by atoms with Crippen LogP contribution in [0, 0.1) is 11.8 Å². The number of amides is 1. The second-order valence-corrected chi connectivity index (χ2v) is 6.29. The Kier molecular flexibility index (Phi) is 6.20. The Morgan fingerprint density at radius 1 is 1.25 bits per heavy atom. The van der Waals surface area contributed by atoms with E-state index in [4.69, 9.17) is 14.6 Å². The minimum Gasteiger partial charge on any atom is -0.496 e. The summed E-state index contributed by atoms with van der Waals surface area (Å²) >= 11 is 0. The van der Waals surface area contributed by atoms with Crippen LogP contribution >= 0.6 is 0 Å². The third-order valence-electron chi connectivity index (χ3n) is 4.31. The molecular formula is C18H25NO5. The van der Waals surface area contributed by atoms with Gasteiger partial charge in [0.05, 0.1) is 25.0 Å². The number of carbonyl (C=O) groups is 2. The normalized spacial score (nSPS) is 21.0. The van der Waals surface area contributed by atoms with Crippen molar-refractivity contribution in [3.63, 3.8) is 0 Å². The monoisotopic (exact) mass is 335 g/mol. The van der Waals surface area contributed by atoms with Crippen LogP contribution in [-0.4, -0.2) is 36.7 Å². The van der Waals surface area contributed by atoms with Crippen molar-refractivity contribution < 1.29 is 24.2 Å². The number of rotatable bonds is 8. The molecule has 1 aliphatic carbocycles. The molecule has 1 aromatic rings. The second kappa shape index (κ2) is 8.15. The first kappa shape index (κ1) is 18.3. The van der Waals surface area contributed by atoms with Gasteiger partial charge in [-0.1, -0.05) is 18.2 Å². The highest BCUT2D eigenvalue weighted by Crippen LogP contribution is 2.35. The number of hydrogen-bond acceptors (Lipinski definition) is 4. The number of ether oxygens (including phenoxy) is 2. The van der Waals surface area contributed by atoms with Crippen LogP contribution in [0.2, 0.25) is 0 Å². The zero-order valence-electron chi connectivity index (χ0n) is 14.3. The van der Waals surface area contributed by atoms with E-state index in [-0.39, 0.29) is 24.7 Å². The molecular weight excluding hydrogens is 310 g/mol. The molecule has 0 aliphatic heterocycles. The van der Waals surface area contributed by atoms with Crippen LogP contribution in [-0.2, 0) is 14.3 Å². The SMILES string of the molecule is COc1ccccc1C(CNC(=O)C1CCC1C(=O)O)OC(C)C. The predicted octanol–water partition coefficient (Wildman–Crippen LogP) is 2.39. The number of benzene rings is 1. The van der Waals surface area contributed by atoms with Gasteiger partial charge in [-0.2, -0.15) is 0 Å². The third-order valence-corrected chi connectivity index (χ3v) is 4.31. The molecule has 1 amide bonds. The Morgan fingerprint density at radius 3 is 2.46 bits per heavy atom. The van der Waals surface area contributed by atoms with Crippen molar-refractivity contribution in [2.75, 3.05) is 13.7 Å². The molecule has 1 aromatic carbocycles. The quantitative estimate of drug-likeness (QED) is 0.762. The van der Waals surface area contributed by atoms with Gasteiger partial charge in [-0.25, -0.2) is 0 Å². The molecule has 3 unspecified atom stereocenters. The predicted molar refractivity (Wildman–Crippen MR) is 88.8 cm³/mol. The smallest absolute Gasteiger partial charge is 0.307 e. The molecule has 6 heteroatoms. The standard InChI is InChI=1S/C18H25NO5/c1-11(2)24-16(14-6-4-5-7-15(14)23-3)10-19-17(20)12-8-9-13(12)18(21)22/h4-7,11-13,16H,8-10H2,1-3H3,(H,19,20)(H,21,22). The van der Waals surface area contributed by atoms with Gasteiger partial charge in [0.25, 0.3) is 0 Å². The molecule has 1 saturated carbocycles. The lowest BCUT2D eigenvalue weighted by molar-refractivity contribution is -0.152. The summed E-state index contributed by atoms with van der Waals surface area (Å²) in [5, 5.41) is 11.9. The summed E-state index contributed by atoms with van der Waals surface area (Å²) in [4.78, 5) is 23.3. The van der Waals surface area contributed by atoms with Crippen LogP contribution in [0.15, 0.2) is 24.3 Å². The van der Waals surface area contributed by atoms with Gasteiger partial charge in [0, 0.05) is 12.1 Å². The van der Waals surface area contributed by atoms with Crippen molar-refractivity contribution in [2.24, 2.45) is 11.8 Å². The van der Waals surface area contributed by atoms with Gasteiger partial charge in [0.15, 0.2) is 0 Å². The zero-order chi connectivity index (χ0) is 17.7. The average Bonchev–Trinajstić information content (AvgIpc) is 2.49.